The van der Waals surface area contributed by atoms with Crippen molar-refractivity contribution in [1.82, 2.24) is 23.2 Å². The average Bonchev–Trinajstić information content (AvgIpc) is 3.14. The van der Waals surface area contributed by atoms with Crippen molar-refractivity contribution in [1.29, 1.82) is 0 Å². The number of anilines is 1. The molecule has 0 saturated carbocycles. The van der Waals surface area contributed by atoms with Gasteiger partial charge >= 0.3 is 0 Å². The molecule has 0 bridgehead atoms. The summed E-state index contributed by atoms with van der Waals surface area (Å²) in [6.07, 6.45) is 10.3. The fourth-order valence-corrected chi connectivity index (χ4v) is 4.81. The number of aromatic nitrogens is 3. The van der Waals surface area contributed by atoms with Gasteiger partial charge in [-0.15, -0.1) is 0 Å². The molecule has 3 rings (SSSR count). The highest BCUT2D eigenvalue weighted by Gasteiger charge is 2.32. The summed E-state index contributed by atoms with van der Waals surface area (Å²) in [6.45, 7) is 7.29. The van der Waals surface area contributed by atoms with Gasteiger partial charge in [0.1, 0.15) is 5.82 Å². The fourth-order valence-electron chi connectivity index (χ4n) is 3.62. The van der Waals surface area contributed by atoms with E-state index in [4.69, 9.17) is 10.7 Å². The second kappa shape index (κ2) is 9.63. The molecule has 3 N–H and O–H groups in total. The lowest BCUT2D eigenvalue weighted by Gasteiger charge is -2.33. The van der Waals surface area contributed by atoms with Gasteiger partial charge in [0.25, 0.3) is 10.2 Å². The van der Waals surface area contributed by atoms with Crippen molar-refractivity contribution < 1.29 is 8.42 Å². The topological polar surface area (TPSA) is 109 Å². The lowest BCUT2D eigenvalue weighted by atomic mass is 9.96. The van der Waals surface area contributed by atoms with Crippen LogP contribution in [0.4, 0.5) is 5.82 Å². The molecule has 2 aromatic heterocycles. The number of nitrogens with one attached hydrogen (secondary N) is 1. The average molecular weight is 446 g/mol. The van der Waals surface area contributed by atoms with E-state index in [1.165, 1.54) is 10.5 Å². The van der Waals surface area contributed by atoms with Crippen LogP contribution < -0.4 is 11.1 Å². The molecular weight excluding hydrogens is 414 g/mol. The molecule has 0 aromatic carbocycles. The lowest BCUT2D eigenvalue weighted by Crippen LogP contribution is -2.45. The number of allylic oxidation sites excluding steroid dienone is 2. The van der Waals surface area contributed by atoms with Crippen molar-refractivity contribution in [3.8, 4) is 0 Å². The molecule has 0 spiro atoms. The Labute approximate surface area is 184 Å². The zero-order chi connectivity index (χ0) is 22.6. The van der Waals surface area contributed by atoms with Crippen LogP contribution in [-0.4, -0.2) is 65.4 Å². The number of nitrogens with zero attached hydrogens (tertiary/aromatic N) is 5. The Morgan fingerprint density at radius 3 is 2.90 bits per heavy atom. The fraction of sp³-hybridized carbons (Fsp3) is 0.429. The van der Waals surface area contributed by atoms with E-state index in [0.29, 0.717) is 19.6 Å². The van der Waals surface area contributed by atoms with E-state index in [2.05, 4.69) is 17.0 Å². The number of aryl methyl sites for hydroxylation is 1. The van der Waals surface area contributed by atoms with E-state index < -0.39 is 10.2 Å². The number of hydrogen-bond donors (Lipinski definition) is 2. The molecule has 1 aliphatic heterocycles. The first kappa shape index (κ1) is 23.0. The number of fused-ring (bicyclic) bond motifs is 1. The zero-order valence-electron chi connectivity index (χ0n) is 18.3. The van der Waals surface area contributed by atoms with Crippen molar-refractivity contribution in [2.75, 3.05) is 39.0 Å². The number of nitrogens with two attached hydrogens (primary N) is 1. The Morgan fingerprint density at radius 2 is 2.23 bits per heavy atom. The SMILES string of the molecule is C=C/C(=C\C=C/N)CNc1cc(C2CCCN(S(=O)(=O)N(C)C)C2)nc2c(C)cnn12. The van der Waals surface area contributed by atoms with Gasteiger partial charge in [0, 0.05) is 51.3 Å². The van der Waals surface area contributed by atoms with Crippen LogP contribution in [0.1, 0.15) is 30.0 Å². The van der Waals surface area contributed by atoms with E-state index in [-0.39, 0.29) is 5.92 Å². The molecule has 1 unspecified atom stereocenters. The van der Waals surface area contributed by atoms with Gasteiger partial charge in [-0.05, 0) is 37.6 Å². The Bertz CT molecular complexity index is 1100. The molecular formula is C21H31N7O2S. The van der Waals surface area contributed by atoms with Gasteiger partial charge in [0.2, 0.25) is 0 Å². The van der Waals surface area contributed by atoms with Gasteiger partial charge in [-0.25, -0.2) is 4.98 Å². The first-order valence-corrected chi connectivity index (χ1v) is 11.6. The monoisotopic (exact) mass is 445 g/mol. The van der Waals surface area contributed by atoms with Gasteiger partial charge in [-0.1, -0.05) is 18.7 Å². The molecule has 2 aromatic rings. The van der Waals surface area contributed by atoms with Crippen LogP contribution in [0.3, 0.4) is 0 Å². The standard InChI is InChI=1S/C21H31N7O2S/c1-5-17(8-6-10-22)14-23-20-12-19(25-21-16(2)13-24-28(20)21)18-9-7-11-27(15-18)31(29,30)26(3)4/h5-6,8,10,12-13,18,23H,1,7,9,11,14-15,22H2,2-4H3/b10-6-,17-8+. The predicted molar refractivity (Wildman–Crippen MR) is 124 cm³/mol. The lowest BCUT2D eigenvalue weighted by molar-refractivity contribution is 0.296. The first-order chi connectivity index (χ1) is 14.8. The largest absolute Gasteiger partial charge is 0.405 e. The Kier molecular flexibility index (Phi) is 7.14. The van der Waals surface area contributed by atoms with Gasteiger partial charge in [-0.3, -0.25) is 0 Å². The van der Waals surface area contributed by atoms with E-state index >= 15 is 0 Å². The van der Waals surface area contributed by atoms with Crippen molar-refractivity contribution >= 4 is 21.7 Å². The van der Waals surface area contributed by atoms with Crippen molar-refractivity contribution in [2.24, 2.45) is 5.73 Å². The smallest absolute Gasteiger partial charge is 0.281 e. The van der Waals surface area contributed by atoms with Crippen LogP contribution in [0.5, 0.6) is 0 Å². The van der Waals surface area contributed by atoms with Gasteiger partial charge < -0.3 is 11.1 Å². The Hall–Kier alpha value is -2.69. The van der Waals surface area contributed by atoms with Crippen LogP contribution in [0.2, 0.25) is 0 Å². The van der Waals surface area contributed by atoms with Crippen molar-refractivity contribution in [2.45, 2.75) is 25.7 Å². The second-order valence-electron chi connectivity index (χ2n) is 7.80. The molecule has 1 fully saturated rings. The molecule has 9 nitrogen and oxygen atoms in total. The van der Waals surface area contributed by atoms with Crippen LogP contribution in [0.25, 0.3) is 5.65 Å². The summed E-state index contributed by atoms with van der Waals surface area (Å²) in [5, 5.41) is 7.85. The summed E-state index contributed by atoms with van der Waals surface area (Å²) in [5.41, 5.74) is 8.99. The third-order valence-corrected chi connectivity index (χ3v) is 7.32. The van der Waals surface area contributed by atoms with Gasteiger partial charge in [0.05, 0.1) is 11.9 Å². The normalized spacial score (nSPS) is 18.8. The highest BCUT2D eigenvalue weighted by Crippen LogP contribution is 2.30. The minimum atomic E-state index is -3.45. The van der Waals surface area contributed by atoms with E-state index in [9.17, 15) is 8.42 Å². The summed E-state index contributed by atoms with van der Waals surface area (Å²) in [4.78, 5) is 4.84. The molecule has 10 heteroatoms. The summed E-state index contributed by atoms with van der Waals surface area (Å²) < 4.78 is 29.8. The molecule has 168 valence electrons. The van der Waals surface area contributed by atoms with Crippen LogP contribution in [-0.2, 0) is 10.2 Å². The van der Waals surface area contributed by atoms with E-state index in [1.54, 1.807) is 41.3 Å². The van der Waals surface area contributed by atoms with Crippen LogP contribution in [0.15, 0.2) is 48.8 Å². The van der Waals surface area contributed by atoms with Gasteiger partial charge in [0.15, 0.2) is 5.65 Å². The second-order valence-corrected chi connectivity index (χ2v) is 9.94. The van der Waals surface area contributed by atoms with Gasteiger partial charge in [-0.2, -0.15) is 26.6 Å². The molecule has 1 saturated heterocycles. The first-order valence-electron chi connectivity index (χ1n) is 10.2. The minimum Gasteiger partial charge on any atom is -0.405 e. The molecule has 0 aliphatic carbocycles. The minimum absolute atomic E-state index is 0.0120. The summed E-state index contributed by atoms with van der Waals surface area (Å²) >= 11 is 0. The van der Waals surface area contributed by atoms with E-state index in [0.717, 1.165) is 41.1 Å². The maximum atomic E-state index is 12.6. The number of hydrogen-bond acceptors (Lipinski definition) is 6. The highest BCUT2D eigenvalue weighted by atomic mass is 32.2. The van der Waals surface area contributed by atoms with E-state index in [1.807, 2.05) is 19.1 Å². The summed E-state index contributed by atoms with van der Waals surface area (Å²) in [5.74, 6) is 0.808. The molecule has 0 radical (unpaired) electrons. The maximum absolute atomic E-state index is 12.6. The molecule has 1 aliphatic rings. The predicted octanol–water partition coefficient (Wildman–Crippen LogP) is 2.02. The zero-order valence-corrected chi connectivity index (χ0v) is 19.1. The quantitative estimate of drug-likeness (QED) is 0.602. The summed E-state index contributed by atoms with van der Waals surface area (Å²) in [7, 11) is -0.332. The van der Waals surface area contributed by atoms with Crippen LogP contribution >= 0.6 is 0 Å². The third-order valence-electron chi connectivity index (χ3n) is 5.42. The number of rotatable bonds is 8. The van der Waals surface area contributed by atoms with Crippen molar-refractivity contribution in [3.05, 3.63) is 60.1 Å². The van der Waals surface area contributed by atoms with Crippen LogP contribution in [0, 0.1) is 6.92 Å². The maximum Gasteiger partial charge on any atom is 0.281 e. The molecule has 1 atom stereocenters. The Balaban J connectivity index is 1.93. The Morgan fingerprint density at radius 1 is 1.45 bits per heavy atom. The molecule has 3 heterocycles. The summed E-state index contributed by atoms with van der Waals surface area (Å²) in [6, 6.07) is 1.97. The third kappa shape index (κ3) is 4.97. The van der Waals surface area contributed by atoms with Crippen molar-refractivity contribution in [3.63, 3.8) is 0 Å². The molecule has 31 heavy (non-hydrogen) atoms. The highest BCUT2D eigenvalue weighted by molar-refractivity contribution is 7.86. The molecule has 0 amide bonds. The number of piperidine rings is 1.